The first-order valence-electron chi connectivity index (χ1n) is 6.90. The minimum atomic E-state index is 0.293. The van der Waals surface area contributed by atoms with Gasteiger partial charge in [0.05, 0.1) is 18.8 Å². The van der Waals surface area contributed by atoms with Crippen LogP contribution in [0.4, 0.5) is 0 Å². The molecule has 2 heterocycles. The highest BCUT2D eigenvalue weighted by Crippen LogP contribution is 2.18. The molecule has 1 atom stereocenters. The molecule has 0 spiro atoms. The van der Waals surface area contributed by atoms with E-state index in [1.54, 1.807) is 0 Å². The Hall–Kier alpha value is -1.68. The molecule has 19 heavy (non-hydrogen) atoms. The average Bonchev–Trinajstić information content (AvgIpc) is 2.89. The van der Waals surface area contributed by atoms with Crippen molar-refractivity contribution in [1.82, 2.24) is 15.0 Å². The van der Waals surface area contributed by atoms with Crippen molar-refractivity contribution in [3.8, 4) is 11.3 Å². The van der Waals surface area contributed by atoms with E-state index < -0.39 is 0 Å². The summed E-state index contributed by atoms with van der Waals surface area (Å²) in [6.07, 6.45) is 5.86. The maximum atomic E-state index is 5.72. The van der Waals surface area contributed by atoms with Crippen molar-refractivity contribution in [3.05, 3.63) is 36.0 Å². The standard InChI is InChI=1S/C15H19N3O/c1-12-5-7-13(8-6-12)15-11-18(17-16-15)10-14-4-2-3-9-19-14/h5-8,11,14H,2-4,9-10H2,1H3. The summed E-state index contributed by atoms with van der Waals surface area (Å²) in [4.78, 5) is 0. The van der Waals surface area contributed by atoms with E-state index in [1.807, 2.05) is 10.9 Å². The molecular weight excluding hydrogens is 238 g/mol. The van der Waals surface area contributed by atoms with Gasteiger partial charge in [-0.05, 0) is 26.2 Å². The second-order valence-electron chi connectivity index (χ2n) is 5.18. The molecule has 1 fully saturated rings. The van der Waals surface area contributed by atoms with Gasteiger partial charge < -0.3 is 4.74 Å². The van der Waals surface area contributed by atoms with E-state index in [0.29, 0.717) is 6.10 Å². The average molecular weight is 257 g/mol. The maximum absolute atomic E-state index is 5.72. The highest BCUT2D eigenvalue weighted by molar-refractivity contribution is 5.57. The number of aromatic nitrogens is 3. The number of benzene rings is 1. The van der Waals surface area contributed by atoms with E-state index in [9.17, 15) is 0 Å². The Kier molecular flexibility index (Phi) is 3.60. The van der Waals surface area contributed by atoms with Gasteiger partial charge in [0.25, 0.3) is 0 Å². The maximum Gasteiger partial charge on any atom is 0.113 e. The third-order valence-electron chi connectivity index (χ3n) is 3.55. The molecule has 0 saturated carbocycles. The fourth-order valence-corrected chi connectivity index (χ4v) is 2.40. The van der Waals surface area contributed by atoms with Gasteiger partial charge in [0, 0.05) is 12.2 Å². The molecule has 1 aliphatic heterocycles. The first-order chi connectivity index (χ1) is 9.31. The van der Waals surface area contributed by atoms with E-state index in [2.05, 4.69) is 41.5 Å². The third-order valence-corrected chi connectivity index (χ3v) is 3.55. The van der Waals surface area contributed by atoms with Crippen LogP contribution in [-0.2, 0) is 11.3 Å². The van der Waals surface area contributed by atoms with Gasteiger partial charge in [-0.1, -0.05) is 35.0 Å². The Balaban J connectivity index is 1.70. The first kappa shape index (κ1) is 12.4. The smallest absolute Gasteiger partial charge is 0.113 e. The summed E-state index contributed by atoms with van der Waals surface area (Å²) in [5.41, 5.74) is 3.30. The molecule has 1 aromatic carbocycles. The zero-order valence-corrected chi connectivity index (χ0v) is 11.2. The van der Waals surface area contributed by atoms with Gasteiger partial charge in [-0.25, -0.2) is 4.68 Å². The van der Waals surface area contributed by atoms with Crippen LogP contribution >= 0.6 is 0 Å². The van der Waals surface area contributed by atoms with E-state index in [0.717, 1.165) is 30.8 Å². The zero-order chi connectivity index (χ0) is 13.1. The van der Waals surface area contributed by atoms with Crippen molar-refractivity contribution < 1.29 is 4.74 Å². The van der Waals surface area contributed by atoms with Crippen molar-refractivity contribution in [1.29, 1.82) is 0 Å². The fourth-order valence-electron chi connectivity index (χ4n) is 2.40. The van der Waals surface area contributed by atoms with E-state index in [-0.39, 0.29) is 0 Å². The van der Waals surface area contributed by atoms with Gasteiger partial charge in [0.1, 0.15) is 5.69 Å². The topological polar surface area (TPSA) is 39.9 Å². The lowest BCUT2D eigenvalue weighted by atomic mass is 10.1. The molecule has 0 N–H and O–H groups in total. The van der Waals surface area contributed by atoms with Crippen LogP contribution in [0.1, 0.15) is 24.8 Å². The van der Waals surface area contributed by atoms with Gasteiger partial charge in [-0.2, -0.15) is 0 Å². The number of aryl methyl sites for hydroxylation is 1. The number of rotatable bonds is 3. The van der Waals surface area contributed by atoms with Gasteiger partial charge in [0.2, 0.25) is 0 Å². The second kappa shape index (κ2) is 5.53. The molecule has 1 unspecified atom stereocenters. The molecule has 1 aromatic heterocycles. The zero-order valence-electron chi connectivity index (χ0n) is 11.2. The molecule has 3 rings (SSSR count). The predicted molar refractivity (Wildman–Crippen MR) is 73.8 cm³/mol. The van der Waals surface area contributed by atoms with E-state index in [1.165, 1.54) is 18.4 Å². The molecule has 0 aliphatic carbocycles. The summed E-state index contributed by atoms with van der Waals surface area (Å²) in [5, 5.41) is 8.43. The summed E-state index contributed by atoms with van der Waals surface area (Å²) in [6, 6.07) is 8.36. The molecule has 0 amide bonds. The number of hydrogen-bond donors (Lipinski definition) is 0. The predicted octanol–water partition coefficient (Wildman–Crippen LogP) is 2.82. The summed E-state index contributed by atoms with van der Waals surface area (Å²) in [6.45, 7) is 3.77. The lowest BCUT2D eigenvalue weighted by Crippen LogP contribution is -2.24. The Morgan fingerprint density at radius 1 is 1.26 bits per heavy atom. The second-order valence-corrected chi connectivity index (χ2v) is 5.18. The first-order valence-corrected chi connectivity index (χ1v) is 6.90. The Labute approximate surface area is 113 Å². The SMILES string of the molecule is Cc1ccc(-c2cn(CC3CCCCO3)nn2)cc1. The largest absolute Gasteiger partial charge is 0.376 e. The van der Waals surface area contributed by atoms with Crippen molar-refractivity contribution in [3.63, 3.8) is 0 Å². The molecule has 1 saturated heterocycles. The summed E-state index contributed by atoms with van der Waals surface area (Å²) in [7, 11) is 0. The summed E-state index contributed by atoms with van der Waals surface area (Å²) in [5.74, 6) is 0. The minimum Gasteiger partial charge on any atom is -0.376 e. The fraction of sp³-hybridized carbons (Fsp3) is 0.467. The molecule has 4 heteroatoms. The van der Waals surface area contributed by atoms with Crippen LogP contribution in [-0.4, -0.2) is 27.7 Å². The van der Waals surface area contributed by atoms with Crippen LogP contribution in [0.3, 0.4) is 0 Å². The number of ether oxygens (including phenoxy) is 1. The Morgan fingerprint density at radius 3 is 2.84 bits per heavy atom. The monoisotopic (exact) mass is 257 g/mol. The van der Waals surface area contributed by atoms with Crippen molar-refractivity contribution in [2.45, 2.75) is 38.8 Å². The molecule has 2 aromatic rings. The van der Waals surface area contributed by atoms with E-state index >= 15 is 0 Å². The van der Waals surface area contributed by atoms with Crippen molar-refractivity contribution in [2.24, 2.45) is 0 Å². The number of hydrogen-bond acceptors (Lipinski definition) is 3. The van der Waals surface area contributed by atoms with Crippen LogP contribution in [0.2, 0.25) is 0 Å². The molecule has 0 radical (unpaired) electrons. The Morgan fingerprint density at radius 2 is 2.11 bits per heavy atom. The quantitative estimate of drug-likeness (QED) is 0.849. The van der Waals surface area contributed by atoms with Gasteiger partial charge in [-0.15, -0.1) is 5.10 Å². The van der Waals surface area contributed by atoms with Gasteiger partial charge in [-0.3, -0.25) is 0 Å². The van der Waals surface area contributed by atoms with Crippen LogP contribution in [0, 0.1) is 6.92 Å². The van der Waals surface area contributed by atoms with E-state index in [4.69, 9.17) is 4.74 Å². The lowest BCUT2D eigenvalue weighted by molar-refractivity contribution is 0.00370. The van der Waals surface area contributed by atoms with Gasteiger partial charge >= 0.3 is 0 Å². The minimum absolute atomic E-state index is 0.293. The van der Waals surface area contributed by atoms with Crippen molar-refractivity contribution in [2.75, 3.05) is 6.61 Å². The summed E-state index contributed by atoms with van der Waals surface area (Å²) >= 11 is 0. The summed E-state index contributed by atoms with van der Waals surface area (Å²) < 4.78 is 7.62. The lowest BCUT2D eigenvalue weighted by Gasteiger charge is -2.21. The molecule has 0 bridgehead atoms. The normalized spacial score (nSPS) is 19.5. The molecular formula is C15H19N3O. The third kappa shape index (κ3) is 3.01. The van der Waals surface area contributed by atoms with Crippen LogP contribution in [0.15, 0.2) is 30.5 Å². The van der Waals surface area contributed by atoms with Crippen LogP contribution in [0.25, 0.3) is 11.3 Å². The highest BCUT2D eigenvalue weighted by atomic mass is 16.5. The van der Waals surface area contributed by atoms with Crippen LogP contribution in [0.5, 0.6) is 0 Å². The van der Waals surface area contributed by atoms with Crippen molar-refractivity contribution >= 4 is 0 Å². The van der Waals surface area contributed by atoms with Gasteiger partial charge in [0.15, 0.2) is 0 Å². The molecule has 1 aliphatic rings. The highest BCUT2D eigenvalue weighted by Gasteiger charge is 2.15. The molecule has 100 valence electrons. The number of nitrogens with zero attached hydrogens (tertiary/aromatic N) is 3. The molecule has 4 nitrogen and oxygen atoms in total. The Bertz CT molecular complexity index is 527. The van der Waals surface area contributed by atoms with Crippen LogP contribution < -0.4 is 0 Å².